The molecule has 2 aromatic carbocycles. The summed E-state index contributed by atoms with van der Waals surface area (Å²) in [5.74, 6) is -0.0899. The van der Waals surface area contributed by atoms with Crippen LogP contribution in [0.3, 0.4) is 0 Å². The molecule has 1 amide bonds. The largest absolute Gasteiger partial charge is 0.448 e. The fraction of sp³-hybridized carbons (Fsp3) is 0.423. The number of aliphatic hydroxyl groups is 1. The van der Waals surface area contributed by atoms with Crippen LogP contribution < -0.4 is 0 Å². The zero-order valence-electron chi connectivity index (χ0n) is 18.1. The number of rotatable bonds is 3. The molecule has 5 rings (SSSR count). The Hall–Kier alpha value is -2.80. The van der Waals surface area contributed by atoms with Crippen molar-refractivity contribution in [2.24, 2.45) is 0 Å². The molecule has 2 bridgehead atoms. The average molecular weight is 457 g/mol. The van der Waals surface area contributed by atoms with E-state index in [-0.39, 0.29) is 25.4 Å². The van der Waals surface area contributed by atoms with E-state index < -0.39 is 35.5 Å². The van der Waals surface area contributed by atoms with Crippen LogP contribution in [0.2, 0.25) is 0 Å². The maximum absolute atomic E-state index is 13.3. The van der Waals surface area contributed by atoms with Crippen molar-refractivity contribution in [3.8, 4) is 11.1 Å². The lowest BCUT2D eigenvalue weighted by atomic mass is 9.72. The van der Waals surface area contributed by atoms with Gasteiger partial charge >= 0.3 is 12.3 Å². The first-order valence-electron chi connectivity index (χ1n) is 11.3. The molecule has 0 saturated carbocycles. The number of amides is 1. The molecular weight excluding hydrogens is 431 g/mol. The fourth-order valence-electron chi connectivity index (χ4n) is 5.91. The molecule has 7 heteroatoms. The molecule has 2 saturated heterocycles. The third-order valence-electron chi connectivity index (χ3n) is 7.46. The van der Waals surface area contributed by atoms with Crippen molar-refractivity contribution < 1.29 is 27.8 Å². The van der Waals surface area contributed by atoms with E-state index in [2.05, 4.69) is 18.7 Å². The summed E-state index contributed by atoms with van der Waals surface area (Å²) in [4.78, 5) is 14.7. The van der Waals surface area contributed by atoms with Gasteiger partial charge in [0.15, 0.2) is 0 Å². The second-order valence-electron chi connectivity index (χ2n) is 9.37. The summed E-state index contributed by atoms with van der Waals surface area (Å²) in [5, 5.41) is 10.8. The average Bonchev–Trinajstić information content (AvgIpc) is 3.09. The number of alkyl halides is 3. The van der Waals surface area contributed by atoms with Gasteiger partial charge in [0.2, 0.25) is 0 Å². The minimum atomic E-state index is -4.67. The third kappa shape index (κ3) is 3.72. The van der Waals surface area contributed by atoms with Gasteiger partial charge in [-0.15, -0.1) is 0 Å². The molecule has 174 valence electrons. The lowest BCUT2D eigenvalue weighted by Crippen LogP contribution is -2.61. The van der Waals surface area contributed by atoms with Gasteiger partial charge < -0.3 is 14.7 Å². The molecule has 2 heterocycles. The Kier molecular flexibility index (Phi) is 5.27. The SMILES string of the molecule is C=C(C(F)(F)F)C1(O)CC2CCCC(C1)N2C(=O)OCC1c2ccccc2-c2ccccc21. The van der Waals surface area contributed by atoms with Crippen molar-refractivity contribution in [1.82, 2.24) is 4.90 Å². The molecule has 33 heavy (non-hydrogen) atoms. The smallest absolute Gasteiger partial charge is 0.414 e. The van der Waals surface area contributed by atoms with Gasteiger partial charge in [-0.25, -0.2) is 4.79 Å². The lowest BCUT2D eigenvalue weighted by Gasteiger charge is -2.51. The lowest BCUT2D eigenvalue weighted by molar-refractivity contribution is -0.141. The summed E-state index contributed by atoms with van der Waals surface area (Å²) < 4.78 is 45.6. The van der Waals surface area contributed by atoms with Crippen molar-refractivity contribution in [3.63, 3.8) is 0 Å². The first kappa shape index (κ1) is 22.0. The third-order valence-corrected chi connectivity index (χ3v) is 7.46. The van der Waals surface area contributed by atoms with Gasteiger partial charge in [0.05, 0.1) is 11.2 Å². The van der Waals surface area contributed by atoms with Gasteiger partial charge in [-0.2, -0.15) is 13.2 Å². The van der Waals surface area contributed by atoms with E-state index in [1.165, 1.54) is 0 Å². The summed E-state index contributed by atoms with van der Waals surface area (Å²) in [6, 6.07) is 15.1. The van der Waals surface area contributed by atoms with Crippen LogP contribution in [0.25, 0.3) is 11.1 Å². The second kappa shape index (κ2) is 7.90. The highest BCUT2D eigenvalue weighted by Gasteiger charge is 2.54. The fourth-order valence-corrected chi connectivity index (χ4v) is 5.91. The first-order valence-corrected chi connectivity index (χ1v) is 11.3. The highest BCUT2D eigenvalue weighted by atomic mass is 19.4. The Labute approximate surface area is 190 Å². The number of hydrogen-bond acceptors (Lipinski definition) is 3. The highest BCUT2D eigenvalue weighted by molar-refractivity contribution is 5.79. The van der Waals surface area contributed by atoms with Gasteiger partial charge in [-0.1, -0.05) is 55.1 Å². The normalized spacial score (nSPS) is 26.5. The molecule has 1 aliphatic carbocycles. The monoisotopic (exact) mass is 457 g/mol. The maximum Gasteiger partial charge on any atom is 0.414 e. The van der Waals surface area contributed by atoms with Crippen LogP contribution in [0.5, 0.6) is 0 Å². The molecular formula is C26H26F3NO3. The Morgan fingerprint density at radius 1 is 1.03 bits per heavy atom. The quantitative estimate of drug-likeness (QED) is 0.593. The van der Waals surface area contributed by atoms with Crippen molar-refractivity contribution >= 4 is 6.09 Å². The molecule has 2 aromatic rings. The molecule has 0 radical (unpaired) electrons. The highest BCUT2D eigenvalue weighted by Crippen LogP contribution is 2.47. The number of fused-ring (bicyclic) bond motifs is 5. The van der Waals surface area contributed by atoms with Crippen molar-refractivity contribution in [3.05, 3.63) is 71.8 Å². The summed E-state index contributed by atoms with van der Waals surface area (Å²) in [6.45, 7) is 3.30. The molecule has 0 aromatic heterocycles. The Morgan fingerprint density at radius 3 is 2.06 bits per heavy atom. The molecule has 4 nitrogen and oxygen atoms in total. The van der Waals surface area contributed by atoms with Gasteiger partial charge in [-0.05, 0) is 41.5 Å². The number of ether oxygens (including phenoxy) is 1. The van der Waals surface area contributed by atoms with E-state index in [9.17, 15) is 23.1 Å². The molecule has 2 fully saturated rings. The topological polar surface area (TPSA) is 49.8 Å². The summed E-state index contributed by atoms with van der Waals surface area (Å²) >= 11 is 0. The van der Waals surface area contributed by atoms with Crippen molar-refractivity contribution in [1.29, 1.82) is 0 Å². The van der Waals surface area contributed by atoms with E-state index in [0.717, 1.165) is 28.7 Å². The molecule has 1 N–H and O–H groups in total. The van der Waals surface area contributed by atoms with E-state index >= 15 is 0 Å². The minimum absolute atomic E-state index is 0.0899. The summed E-state index contributed by atoms with van der Waals surface area (Å²) in [5.41, 5.74) is 1.27. The van der Waals surface area contributed by atoms with E-state index in [1.54, 1.807) is 4.90 Å². The molecule has 3 aliphatic rings. The number of nitrogens with zero attached hydrogens (tertiary/aromatic N) is 1. The molecule has 0 spiro atoms. The van der Waals surface area contributed by atoms with Crippen molar-refractivity contribution in [2.75, 3.05) is 6.61 Å². The number of carbonyl (C=O) groups is 1. The predicted octanol–water partition coefficient (Wildman–Crippen LogP) is 5.80. The summed E-state index contributed by atoms with van der Waals surface area (Å²) in [7, 11) is 0. The van der Waals surface area contributed by atoms with E-state index in [4.69, 9.17) is 4.74 Å². The summed E-state index contributed by atoms with van der Waals surface area (Å²) in [6.07, 6.45) is -3.67. The molecule has 2 aliphatic heterocycles. The van der Waals surface area contributed by atoms with Crippen LogP contribution in [0.1, 0.15) is 49.1 Å². The van der Waals surface area contributed by atoms with Gasteiger partial charge in [0.1, 0.15) is 6.61 Å². The predicted molar refractivity (Wildman–Crippen MR) is 118 cm³/mol. The van der Waals surface area contributed by atoms with Crippen LogP contribution in [-0.4, -0.2) is 46.6 Å². The second-order valence-corrected chi connectivity index (χ2v) is 9.37. The van der Waals surface area contributed by atoms with Crippen LogP contribution in [-0.2, 0) is 4.74 Å². The molecule has 2 atom stereocenters. The van der Waals surface area contributed by atoms with Crippen LogP contribution in [0.4, 0.5) is 18.0 Å². The maximum atomic E-state index is 13.3. The van der Waals surface area contributed by atoms with E-state index in [0.29, 0.717) is 12.8 Å². The van der Waals surface area contributed by atoms with E-state index in [1.807, 2.05) is 36.4 Å². The number of carbonyl (C=O) groups excluding carboxylic acids is 1. The first-order chi connectivity index (χ1) is 15.7. The zero-order chi connectivity index (χ0) is 23.4. The van der Waals surface area contributed by atoms with Gasteiger partial charge in [-0.3, -0.25) is 0 Å². The number of halogens is 3. The number of piperidine rings is 2. The standard InChI is InChI=1S/C26H26F3NO3/c1-16(26(27,28)29)25(32)13-17-7-6-8-18(14-25)30(17)24(31)33-15-23-21-11-4-2-9-19(21)20-10-3-5-12-22(20)23/h2-5,9-12,17-18,23,32H,1,6-8,13-15H2. The van der Waals surface area contributed by atoms with Gasteiger partial charge in [0.25, 0.3) is 0 Å². The Bertz CT molecular complexity index is 1040. The van der Waals surface area contributed by atoms with Gasteiger partial charge in [0, 0.05) is 30.8 Å². The molecule has 2 unspecified atom stereocenters. The van der Waals surface area contributed by atoms with Crippen LogP contribution in [0, 0.1) is 0 Å². The number of benzene rings is 2. The van der Waals surface area contributed by atoms with Crippen LogP contribution in [0.15, 0.2) is 60.7 Å². The minimum Gasteiger partial charge on any atom is -0.448 e. The number of hydrogen-bond donors (Lipinski definition) is 1. The van der Waals surface area contributed by atoms with Crippen LogP contribution >= 0.6 is 0 Å². The van der Waals surface area contributed by atoms with Crippen molar-refractivity contribution in [2.45, 2.75) is 61.9 Å². The Morgan fingerprint density at radius 2 is 1.55 bits per heavy atom. The zero-order valence-corrected chi connectivity index (χ0v) is 18.1. The Balaban J connectivity index is 1.33.